The lowest BCUT2D eigenvalue weighted by Crippen LogP contribution is -2.39. The largest absolute Gasteiger partial charge is 0.474 e. The molecule has 0 bridgehead atoms. The quantitative estimate of drug-likeness (QED) is 0.479. The van der Waals surface area contributed by atoms with Crippen LogP contribution < -0.4 is 10.1 Å². The molecule has 0 radical (unpaired) electrons. The number of carbonyl (C=O) groups is 2. The number of fused-ring (bicyclic) bond motifs is 1. The van der Waals surface area contributed by atoms with Crippen LogP contribution in [0.3, 0.4) is 0 Å². The van der Waals surface area contributed by atoms with E-state index in [-0.39, 0.29) is 28.9 Å². The van der Waals surface area contributed by atoms with Crippen molar-refractivity contribution in [3.8, 4) is 5.75 Å². The molecule has 140 valence electrons. The Morgan fingerprint density at radius 1 is 1.33 bits per heavy atom. The summed E-state index contributed by atoms with van der Waals surface area (Å²) in [6.45, 7) is 1.54. The van der Waals surface area contributed by atoms with Crippen LogP contribution in [0.25, 0.3) is 0 Å². The summed E-state index contributed by atoms with van der Waals surface area (Å²) in [6, 6.07) is 11.8. The molecule has 2 aromatic carbocycles. The number of hydrogen-bond donors (Lipinski definition) is 1. The molecule has 0 saturated carbocycles. The molecule has 2 atom stereocenters. The Kier molecular flexibility index (Phi) is 5.49. The van der Waals surface area contributed by atoms with Gasteiger partial charge in [-0.25, -0.2) is 0 Å². The number of hydrogen-bond acceptors (Lipinski definition) is 5. The number of aryl methyl sites for hydroxylation is 1. The first-order chi connectivity index (χ1) is 13.0. The molecule has 0 fully saturated rings. The average molecular weight is 368 g/mol. The molecule has 0 aromatic heterocycles. The number of nitro benzene ring substituents is 1. The molecule has 3 rings (SSSR count). The molecule has 0 unspecified atom stereocenters. The molecule has 0 aliphatic heterocycles. The standard InChI is InChI=1S/C20H20N2O5/c1-13(27-19-10-9-14(12-23)11-18(19)22(25)26)20(24)21-17-8-4-6-15-5-2-3-7-16(15)17/h2-3,5,7,9-13,17H,4,6,8H2,1H3,(H,21,24)/t13-,17+/m1/s1. The summed E-state index contributed by atoms with van der Waals surface area (Å²) in [6.07, 6.45) is 2.41. The summed E-state index contributed by atoms with van der Waals surface area (Å²) in [4.78, 5) is 34.0. The SMILES string of the molecule is C[C@@H](Oc1ccc(C=O)cc1[N+](=O)[O-])C(=O)N[C@H]1CCCc2ccccc21. The Morgan fingerprint density at radius 2 is 2.11 bits per heavy atom. The van der Waals surface area contributed by atoms with E-state index in [1.165, 1.54) is 17.7 Å². The molecule has 0 heterocycles. The molecule has 1 N–H and O–H groups in total. The lowest BCUT2D eigenvalue weighted by molar-refractivity contribution is -0.386. The van der Waals surface area contributed by atoms with E-state index in [4.69, 9.17) is 4.74 Å². The van der Waals surface area contributed by atoms with Crippen LogP contribution in [-0.4, -0.2) is 23.2 Å². The smallest absolute Gasteiger partial charge is 0.311 e. The van der Waals surface area contributed by atoms with Crippen LogP contribution >= 0.6 is 0 Å². The van der Waals surface area contributed by atoms with E-state index >= 15 is 0 Å². The molecule has 2 aromatic rings. The molecule has 27 heavy (non-hydrogen) atoms. The summed E-state index contributed by atoms with van der Waals surface area (Å²) in [5, 5.41) is 14.2. The van der Waals surface area contributed by atoms with Gasteiger partial charge in [-0.15, -0.1) is 0 Å². The van der Waals surface area contributed by atoms with Crippen molar-refractivity contribution in [3.05, 3.63) is 69.3 Å². The highest BCUT2D eigenvalue weighted by Crippen LogP contribution is 2.31. The fraction of sp³-hybridized carbons (Fsp3) is 0.300. The molecule has 7 heteroatoms. The van der Waals surface area contributed by atoms with Crippen LogP contribution in [0.1, 0.15) is 47.3 Å². The van der Waals surface area contributed by atoms with Crippen molar-refractivity contribution in [2.24, 2.45) is 0 Å². The zero-order valence-corrected chi connectivity index (χ0v) is 14.9. The molecular weight excluding hydrogens is 348 g/mol. The van der Waals surface area contributed by atoms with E-state index in [1.54, 1.807) is 6.92 Å². The second-order valence-corrected chi connectivity index (χ2v) is 6.51. The number of benzene rings is 2. The second-order valence-electron chi connectivity index (χ2n) is 6.51. The van der Waals surface area contributed by atoms with E-state index < -0.39 is 11.0 Å². The van der Waals surface area contributed by atoms with Gasteiger partial charge in [-0.1, -0.05) is 24.3 Å². The van der Waals surface area contributed by atoms with Gasteiger partial charge in [-0.05, 0) is 49.4 Å². The summed E-state index contributed by atoms with van der Waals surface area (Å²) in [5.41, 5.74) is 2.15. The van der Waals surface area contributed by atoms with Gasteiger partial charge in [-0.3, -0.25) is 19.7 Å². The van der Waals surface area contributed by atoms with Crippen molar-refractivity contribution in [2.45, 2.75) is 38.3 Å². The average Bonchev–Trinajstić information content (AvgIpc) is 2.68. The Bertz CT molecular complexity index is 880. The molecule has 0 saturated heterocycles. The maximum absolute atomic E-state index is 12.6. The summed E-state index contributed by atoms with van der Waals surface area (Å²) in [5.74, 6) is -0.386. The van der Waals surface area contributed by atoms with Gasteiger partial charge in [0.1, 0.15) is 6.29 Å². The number of aldehydes is 1. The molecule has 0 spiro atoms. The maximum atomic E-state index is 12.6. The number of nitro groups is 1. The van der Waals surface area contributed by atoms with Gasteiger partial charge >= 0.3 is 5.69 Å². The van der Waals surface area contributed by atoms with Gasteiger partial charge in [-0.2, -0.15) is 0 Å². The van der Waals surface area contributed by atoms with Crippen LogP contribution in [0.2, 0.25) is 0 Å². The molecule has 1 aliphatic rings. The minimum absolute atomic E-state index is 0.0442. The first kappa shape index (κ1) is 18.6. The molecule has 1 amide bonds. The van der Waals surface area contributed by atoms with Crippen molar-refractivity contribution >= 4 is 17.9 Å². The van der Waals surface area contributed by atoms with Crippen LogP contribution in [0, 0.1) is 10.1 Å². The number of amides is 1. The minimum Gasteiger partial charge on any atom is -0.474 e. The summed E-state index contributed by atoms with van der Waals surface area (Å²) < 4.78 is 5.53. The van der Waals surface area contributed by atoms with Gasteiger partial charge in [0.05, 0.1) is 11.0 Å². The predicted octanol–water partition coefficient (Wildman–Crippen LogP) is 3.37. The van der Waals surface area contributed by atoms with Crippen molar-refractivity contribution in [1.29, 1.82) is 0 Å². The second kappa shape index (κ2) is 7.99. The Labute approximate surface area is 156 Å². The van der Waals surface area contributed by atoms with Gasteiger partial charge in [0.25, 0.3) is 5.91 Å². The number of rotatable bonds is 6. The van der Waals surface area contributed by atoms with Gasteiger partial charge in [0.2, 0.25) is 0 Å². The third kappa shape index (κ3) is 4.13. The first-order valence-corrected chi connectivity index (χ1v) is 8.78. The third-order valence-electron chi connectivity index (χ3n) is 4.67. The van der Waals surface area contributed by atoms with Crippen molar-refractivity contribution < 1.29 is 19.2 Å². The van der Waals surface area contributed by atoms with Gasteiger partial charge in [0.15, 0.2) is 11.9 Å². The van der Waals surface area contributed by atoms with E-state index in [0.717, 1.165) is 30.9 Å². The van der Waals surface area contributed by atoms with E-state index in [0.29, 0.717) is 6.29 Å². The van der Waals surface area contributed by atoms with E-state index in [9.17, 15) is 19.7 Å². The highest BCUT2D eigenvalue weighted by molar-refractivity contribution is 5.82. The van der Waals surface area contributed by atoms with E-state index in [1.807, 2.05) is 18.2 Å². The number of nitrogens with zero attached hydrogens (tertiary/aromatic N) is 1. The van der Waals surface area contributed by atoms with Gasteiger partial charge < -0.3 is 10.1 Å². The van der Waals surface area contributed by atoms with Crippen molar-refractivity contribution in [3.63, 3.8) is 0 Å². The van der Waals surface area contributed by atoms with E-state index in [2.05, 4.69) is 11.4 Å². The lowest BCUT2D eigenvalue weighted by atomic mass is 9.87. The summed E-state index contributed by atoms with van der Waals surface area (Å²) >= 11 is 0. The Hall–Kier alpha value is -3.22. The normalized spacial score (nSPS) is 16.7. The fourth-order valence-electron chi connectivity index (χ4n) is 3.29. The third-order valence-corrected chi connectivity index (χ3v) is 4.67. The van der Waals surface area contributed by atoms with Crippen LogP contribution in [0.15, 0.2) is 42.5 Å². The summed E-state index contributed by atoms with van der Waals surface area (Å²) in [7, 11) is 0. The van der Waals surface area contributed by atoms with Crippen LogP contribution in [0.5, 0.6) is 5.75 Å². The monoisotopic (exact) mass is 368 g/mol. The number of nitrogens with one attached hydrogen (secondary N) is 1. The molecule has 7 nitrogen and oxygen atoms in total. The molecule has 1 aliphatic carbocycles. The molecular formula is C20H20N2O5. The zero-order chi connectivity index (χ0) is 19.4. The van der Waals surface area contributed by atoms with Gasteiger partial charge in [0, 0.05) is 11.6 Å². The topological polar surface area (TPSA) is 98.5 Å². The predicted molar refractivity (Wildman–Crippen MR) is 98.8 cm³/mol. The number of carbonyl (C=O) groups excluding carboxylic acids is 2. The Balaban J connectivity index is 1.72. The zero-order valence-electron chi connectivity index (χ0n) is 14.9. The number of ether oxygens (including phenoxy) is 1. The van der Waals surface area contributed by atoms with Crippen LogP contribution in [-0.2, 0) is 11.2 Å². The highest BCUT2D eigenvalue weighted by atomic mass is 16.6. The Morgan fingerprint density at radius 3 is 2.85 bits per heavy atom. The fourth-order valence-corrected chi connectivity index (χ4v) is 3.29. The van der Waals surface area contributed by atoms with Crippen molar-refractivity contribution in [1.82, 2.24) is 5.32 Å². The minimum atomic E-state index is -0.917. The lowest BCUT2D eigenvalue weighted by Gasteiger charge is -2.27. The van der Waals surface area contributed by atoms with Crippen LogP contribution in [0.4, 0.5) is 5.69 Å². The first-order valence-electron chi connectivity index (χ1n) is 8.78. The highest BCUT2D eigenvalue weighted by Gasteiger charge is 2.26. The van der Waals surface area contributed by atoms with Crippen molar-refractivity contribution in [2.75, 3.05) is 0 Å². The maximum Gasteiger partial charge on any atom is 0.311 e.